The molecule has 3 nitrogen and oxygen atoms in total. The van der Waals surface area contributed by atoms with E-state index in [-0.39, 0.29) is 5.41 Å². The average molecular weight is 241 g/mol. The highest BCUT2D eigenvalue weighted by Gasteiger charge is 2.18. The fourth-order valence-corrected chi connectivity index (χ4v) is 1.66. The fraction of sp³-hybridized carbons (Fsp3) is 0.467. The van der Waals surface area contributed by atoms with E-state index in [9.17, 15) is 0 Å². The Morgan fingerprint density at radius 3 is 2.33 bits per heavy atom. The van der Waals surface area contributed by atoms with E-state index in [1.165, 1.54) is 0 Å². The maximum absolute atomic E-state index is 9.03. The van der Waals surface area contributed by atoms with Crippen LogP contribution in [-0.4, -0.2) is 13.1 Å². The molecule has 0 aliphatic heterocycles. The smallest absolute Gasteiger partial charge is 0.0684 e. The van der Waals surface area contributed by atoms with Gasteiger partial charge in [-0.25, -0.2) is 0 Å². The Labute approximate surface area is 109 Å². The summed E-state index contributed by atoms with van der Waals surface area (Å²) in [7, 11) is 0. The van der Waals surface area contributed by atoms with Crippen molar-refractivity contribution in [1.29, 1.82) is 10.5 Å². The monoisotopic (exact) mass is 241 g/mol. The summed E-state index contributed by atoms with van der Waals surface area (Å²) >= 11 is 0. The van der Waals surface area contributed by atoms with Crippen LogP contribution in [0.5, 0.6) is 0 Å². The summed E-state index contributed by atoms with van der Waals surface area (Å²) in [5, 5.41) is 17.7. The molecular weight excluding hydrogens is 222 g/mol. The number of hydrogen-bond donors (Lipinski definition) is 0. The molecule has 1 aromatic carbocycles. The number of nitriles is 2. The van der Waals surface area contributed by atoms with Gasteiger partial charge in [-0.05, 0) is 32.4 Å². The molecule has 0 spiro atoms. The van der Waals surface area contributed by atoms with E-state index in [1.54, 1.807) is 0 Å². The Balaban J connectivity index is 2.69. The molecule has 0 aliphatic rings. The molecule has 0 fully saturated rings. The predicted molar refractivity (Wildman–Crippen MR) is 72.9 cm³/mol. The minimum Gasteiger partial charge on any atom is -0.370 e. The predicted octanol–water partition coefficient (Wildman–Crippen LogP) is 3.35. The molecule has 0 atom stereocenters. The zero-order valence-corrected chi connectivity index (χ0v) is 11.1. The second-order valence-electron chi connectivity index (χ2n) is 4.98. The fourth-order valence-electron chi connectivity index (χ4n) is 1.66. The zero-order chi connectivity index (χ0) is 13.4. The molecule has 1 aromatic rings. The molecule has 0 aromatic heterocycles. The highest BCUT2D eigenvalue weighted by atomic mass is 15.1. The first kappa shape index (κ1) is 14.1. The van der Waals surface area contributed by atoms with Crippen LogP contribution in [0.15, 0.2) is 30.3 Å². The van der Waals surface area contributed by atoms with Crippen LogP contribution in [0.1, 0.15) is 26.7 Å². The maximum atomic E-state index is 9.03. The van der Waals surface area contributed by atoms with Gasteiger partial charge in [-0.2, -0.15) is 10.5 Å². The summed E-state index contributed by atoms with van der Waals surface area (Å²) in [6, 6.07) is 14.5. The van der Waals surface area contributed by atoms with Gasteiger partial charge in [-0.1, -0.05) is 18.2 Å². The summed E-state index contributed by atoms with van der Waals surface area (Å²) in [5.74, 6) is 0. The Morgan fingerprint density at radius 1 is 1.11 bits per heavy atom. The lowest BCUT2D eigenvalue weighted by Crippen LogP contribution is -2.28. The van der Waals surface area contributed by atoms with Gasteiger partial charge in [-0.15, -0.1) is 0 Å². The molecule has 1 rings (SSSR count). The van der Waals surface area contributed by atoms with Crippen molar-refractivity contribution in [2.45, 2.75) is 26.7 Å². The molecule has 0 radical (unpaired) electrons. The number of hydrogen-bond acceptors (Lipinski definition) is 3. The van der Waals surface area contributed by atoms with Gasteiger partial charge in [0.15, 0.2) is 0 Å². The summed E-state index contributed by atoms with van der Waals surface area (Å²) in [5.41, 5.74) is 0.793. The third kappa shape index (κ3) is 4.47. The Kier molecular flexibility index (Phi) is 5.21. The van der Waals surface area contributed by atoms with E-state index in [1.807, 2.05) is 44.2 Å². The quantitative estimate of drug-likeness (QED) is 0.767. The van der Waals surface area contributed by atoms with Gasteiger partial charge >= 0.3 is 0 Å². The minimum atomic E-state index is -0.320. The van der Waals surface area contributed by atoms with Crippen molar-refractivity contribution in [2.75, 3.05) is 18.0 Å². The molecule has 0 heterocycles. The van der Waals surface area contributed by atoms with Crippen LogP contribution < -0.4 is 4.90 Å². The van der Waals surface area contributed by atoms with Crippen molar-refractivity contribution < 1.29 is 0 Å². The first-order valence-corrected chi connectivity index (χ1v) is 6.17. The van der Waals surface area contributed by atoms with E-state index in [0.29, 0.717) is 13.0 Å². The normalized spacial score (nSPS) is 10.4. The molecule has 0 aliphatic carbocycles. The number of benzene rings is 1. The van der Waals surface area contributed by atoms with Crippen LogP contribution in [0.4, 0.5) is 5.69 Å². The van der Waals surface area contributed by atoms with Crippen molar-refractivity contribution in [3.05, 3.63) is 30.3 Å². The van der Waals surface area contributed by atoms with Gasteiger partial charge < -0.3 is 4.90 Å². The second-order valence-corrected chi connectivity index (χ2v) is 4.98. The first-order chi connectivity index (χ1) is 8.59. The second kappa shape index (κ2) is 6.67. The number of rotatable bonds is 6. The number of nitrogens with zero attached hydrogens (tertiary/aromatic N) is 3. The highest BCUT2D eigenvalue weighted by molar-refractivity contribution is 5.46. The highest BCUT2D eigenvalue weighted by Crippen LogP contribution is 2.22. The number of anilines is 1. The molecular formula is C15H19N3. The van der Waals surface area contributed by atoms with Crippen molar-refractivity contribution in [3.8, 4) is 12.1 Å². The maximum Gasteiger partial charge on any atom is 0.0684 e. The van der Waals surface area contributed by atoms with Gasteiger partial charge in [-0.3, -0.25) is 0 Å². The average Bonchev–Trinajstić information content (AvgIpc) is 2.40. The van der Waals surface area contributed by atoms with Crippen LogP contribution in [0.2, 0.25) is 0 Å². The van der Waals surface area contributed by atoms with E-state index in [2.05, 4.69) is 17.0 Å². The third-order valence-electron chi connectivity index (χ3n) is 2.92. The van der Waals surface area contributed by atoms with Crippen molar-refractivity contribution in [2.24, 2.45) is 5.41 Å². The summed E-state index contributed by atoms with van der Waals surface area (Å²) in [6.45, 7) is 5.40. The molecule has 0 unspecified atom stereocenters. The summed E-state index contributed by atoms with van der Waals surface area (Å²) < 4.78 is 0. The first-order valence-electron chi connectivity index (χ1n) is 6.17. The number of para-hydroxylation sites is 1. The van der Waals surface area contributed by atoms with Gasteiger partial charge in [0, 0.05) is 18.8 Å². The van der Waals surface area contributed by atoms with Crippen LogP contribution in [0.25, 0.3) is 0 Å². The zero-order valence-electron chi connectivity index (χ0n) is 11.1. The van der Waals surface area contributed by atoms with E-state index >= 15 is 0 Å². The van der Waals surface area contributed by atoms with E-state index in [0.717, 1.165) is 18.7 Å². The minimum absolute atomic E-state index is 0.320. The molecule has 0 N–H and O–H groups in total. The Bertz CT molecular complexity index is 437. The van der Waals surface area contributed by atoms with Crippen LogP contribution in [0, 0.1) is 28.1 Å². The van der Waals surface area contributed by atoms with E-state index in [4.69, 9.17) is 10.5 Å². The molecule has 3 heteroatoms. The SMILES string of the molecule is CC(C)(C#N)CCN(CCC#N)c1ccccc1. The summed E-state index contributed by atoms with van der Waals surface area (Å²) in [6.07, 6.45) is 1.30. The lowest BCUT2D eigenvalue weighted by atomic mass is 9.91. The van der Waals surface area contributed by atoms with Crippen molar-refractivity contribution >= 4 is 5.69 Å². The van der Waals surface area contributed by atoms with Gasteiger partial charge in [0.05, 0.1) is 24.0 Å². The largest absolute Gasteiger partial charge is 0.370 e. The van der Waals surface area contributed by atoms with Crippen molar-refractivity contribution in [1.82, 2.24) is 0 Å². The van der Waals surface area contributed by atoms with Crippen LogP contribution >= 0.6 is 0 Å². The van der Waals surface area contributed by atoms with Crippen LogP contribution in [-0.2, 0) is 0 Å². The molecule has 94 valence electrons. The van der Waals surface area contributed by atoms with Gasteiger partial charge in [0.2, 0.25) is 0 Å². The third-order valence-corrected chi connectivity index (χ3v) is 2.92. The van der Waals surface area contributed by atoms with Gasteiger partial charge in [0.25, 0.3) is 0 Å². The molecule has 0 saturated heterocycles. The lowest BCUT2D eigenvalue weighted by molar-refractivity contribution is 0.450. The topological polar surface area (TPSA) is 50.8 Å². The standard InChI is InChI=1S/C15H19N3/c1-15(2,13-17)9-12-18(11-6-10-16)14-7-4-3-5-8-14/h3-5,7-8H,6,9,11-12H2,1-2H3. The lowest BCUT2D eigenvalue weighted by Gasteiger charge is -2.26. The van der Waals surface area contributed by atoms with Crippen molar-refractivity contribution in [3.63, 3.8) is 0 Å². The molecule has 0 amide bonds. The van der Waals surface area contributed by atoms with E-state index < -0.39 is 0 Å². The van der Waals surface area contributed by atoms with Gasteiger partial charge in [0.1, 0.15) is 0 Å². The van der Waals surface area contributed by atoms with Crippen LogP contribution in [0.3, 0.4) is 0 Å². The molecule has 0 bridgehead atoms. The Hall–Kier alpha value is -2.00. The molecule has 0 saturated carbocycles. The summed E-state index contributed by atoms with van der Waals surface area (Å²) in [4.78, 5) is 2.17. The Morgan fingerprint density at radius 2 is 1.78 bits per heavy atom. The molecule has 18 heavy (non-hydrogen) atoms.